The van der Waals surface area contributed by atoms with E-state index >= 15 is 4.39 Å². The summed E-state index contributed by atoms with van der Waals surface area (Å²) in [6.45, 7) is -0.0103. The molecule has 0 saturated carbocycles. The monoisotopic (exact) mass is 484 g/mol. The molecule has 0 bridgehead atoms. The molecule has 1 saturated heterocycles. The van der Waals surface area contributed by atoms with Crippen LogP contribution in [0, 0.1) is 5.82 Å². The van der Waals surface area contributed by atoms with Gasteiger partial charge in [0, 0.05) is 25.9 Å². The van der Waals surface area contributed by atoms with E-state index in [-0.39, 0.29) is 42.7 Å². The fourth-order valence-corrected chi connectivity index (χ4v) is 6.01. The second kappa shape index (κ2) is 8.47. The Kier molecular flexibility index (Phi) is 6.01. The summed E-state index contributed by atoms with van der Waals surface area (Å²) in [6.07, 6.45) is 2.48. The number of benzene rings is 1. The molecule has 9 nitrogen and oxygen atoms in total. The maximum absolute atomic E-state index is 15.2. The first-order chi connectivity index (χ1) is 15.2. The van der Waals surface area contributed by atoms with E-state index in [2.05, 4.69) is 9.98 Å². The zero-order chi connectivity index (χ0) is 23.1. The van der Waals surface area contributed by atoms with Gasteiger partial charge in [-0.05, 0) is 30.7 Å². The Hall–Kier alpha value is -2.47. The first-order valence-corrected chi connectivity index (χ1v) is 11.6. The molecule has 0 spiro atoms. The van der Waals surface area contributed by atoms with Gasteiger partial charge in [0.05, 0.1) is 30.5 Å². The highest BCUT2D eigenvalue weighted by Crippen LogP contribution is 2.46. The van der Waals surface area contributed by atoms with Gasteiger partial charge in [0.2, 0.25) is 16.0 Å². The predicted octanol–water partition coefficient (Wildman–Crippen LogP) is 2.26. The van der Waals surface area contributed by atoms with Crippen LogP contribution in [-0.2, 0) is 25.0 Å². The molecule has 2 N–H and O–H groups in total. The van der Waals surface area contributed by atoms with E-state index in [9.17, 15) is 8.42 Å². The van der Waals surface area contributed by atoms with Crippen molar-refractivity contribution in [2.45, 2.75) is 23.3 Å². The second-order valence-corrected chi connectivity index (χ2v) is 10.1. The predicted molar refractivity (Wildman–Crippen MR) is 116 cm³/mol. The van der Waals surface area contributed by atoms with E-state index in [1.54, 1.807) is 6.07 Å². The zero-order valence-electron chi connectivity index (χ0n) is 17.4. The molecule has 4 rings (SSSR count). The summed E-state index contributed by atoms with van der Waals surface area (Å²) in [4.78, 5) is 8.41. The lowest BCUT2D eigenvalue weighted by Crippen LogP contribution is -2.62. The van der Waals surface area contributed by atoms with Crippen molar-refractivity contribution < 1.29 is 27.0 Å². The number of nitrogens with two attached hydrogens (primary N) is 1. The molecule has 3 atom stereocenters. The van der Waals surface area contributed by atoms with E-state index in [0.29, 0.717) is 5.02 Å². The Morgan fingerprint density at radius 2 is 2.19 bits per heavy atom. The number of hydrogen-bond acceptors (Lipinski definition) is 8. The molecule has 2 aliphatic rings. The fourth-order valence-electron chi connectivity index (χ4n) is 3.99. The molecule has 3 heterocycles. The molecular weight excluding hydrogens is 463 g/mol. The van der Waals surface area contributed by atoms with E-state index in [0.717, 1.165) is 4.31 Å². The first-order valence-electron chi connectivity index (χ1n) is 9.70. The number of pyridine rings is 1. The topological polar surface area (TPSA) is 116 Å². The number of aromatic nitrogens is 1. The van der Waals surface area contributed by atoms with Crippen molar-refractivity contribution in [2.75, 3.05) is 27.4 Å². The van der Waals surface area contributed by atoms with E-state index < -0.39 is 32.7 Å². The van der Waals surface area contributed by atoms with Crippen molar-refractivity contribution in [1.82, 2.24) is 9.29 Å². The number of fused-ring (bicyclic) bond motifs is 1. The van der Waals surface area contributed by atoms with Crippen LogP contribution in [0.1, 0.15) is 12.0 Å². The number of aliphatic imine (C=N–C) groups is 1. The SMILES string of the molecule is COC[C@H]1C[C@@H]2[C@](c3cc(Oc4cnccc4Cl)ccc3F)(CO1)N=C(N)N(C)S2(=O)=O. The summed E-state index contributed by atoms with van der Waals surface area (Å²) in [7, 11) is -1.15. The van der Waals surface area contributed by atoms with Crippen LogP contribution < -0.4 is 10.5 Å². The first kappa shape index (κ1) is 22.7. The Morgan fingerprint density at radius 3 is 2.91 bits per heavy atom. The van der Waals surface area contributed by atoms with Crippen LogP contribution in [0.4, 0.5) is 4.39 Å². The molecule has 1 aromatic carbocycles. The Labute approximate surface area is 190 Å². The van der Waals surface area contributed by atoms with E-state index in [1.807, 2.05) is 0 Å². The van der Waals surface area contributed by atoms with Gasteiger partial charge in [0.15, 0.2) is 5.75 Å². The minimum atomic E-state index is -3.96. The molecule has 32 heavy (non-hydrogen) atoms. The lowest BCUT2D eigenvalue weighted by Gasteiger charge is -2.47. The van der Waals surface area contributed by atoms with Gasteiger partial charge in [0.1, 0.15) is 22.4 Å². The number of hydrogen-bond donors (Lipinski definition) is 1. The molecular formula is C20H22ClFN4O5S. The van der Waals surface area contributed by atoms with Crippen molar-refractivity contribution in [2.24, 2.45) is 10.7 Å². The number of sulfonamides is 1. The van der Waals surface area contributed by atoms with Crippen LogP contribution in [-0.4, -0.2) is 62.4 Å². The minimum Gasteiger partial charge on any atom is -0.454 e. The van der Waals surface area contributed by atoms with Gasteiger partial charge in [-0.1, -0.05) is 11.6 Å². The van der Waals surface area contributed by atoms with Crippen LogP contribution in [0.5, 0.6) is 11.5 Å². The van der Waals surface area contributed by atoms with Crippen LogP contribution in [0.15, 0.2) is 41.7 Å². The van der Waals surface area contributed by atoms with Crippen LogP contribution in [0.3, 0.4) is 0 Å². The summed E-state index contributed by atoms with van der Waals surface area (Å²) in [5.74, 6) is -0.422. The van der Waals surface area contributed by atoms with Gasteiger partial charge in [-0.25, -0.2) is 22.1 Å². The summed E-state index contributed by atoms with van der Waals surface area (Å²) < 4.78 is 59.4. The molecule has 0 radical (unpaired) electrons. The number of nitrogens with zero attached hydrogens (tertiary/aromatic N) is 3. The third-order valence-electron chi connectivity index (χ3n) is 5.65. The van der Waals surface area contributed by atoms with Crippen molar-refractivity contribution in [1.29, 1.82) is 0 Å². The summed E-state index contributed by atoms with van der Waals surface area (Å²) in [5, 5.41) is -0.803. The molecule has 2 aliphatic heterocycles. The van der Waals surface area contributed by atoms with Gasteiger partial charge in [-0.3, -0.25) is 4.98 Å². The number of halogens is 2. The van der Waals surface area contributed by atoms with Gasteiger partial charge in [-0.2, -0.15) is 0 Å². The second-order valence-electron chi connectivity index (χ2n) is 7.57. The van der Waals surface area contributed by atoms with Crippen LogP contribution >= 0.6 is 11.6 Å². The van der Waals surface area contributed by atoms with Gasteiger partial charge >= 0.3 is 0 Å². The highest BCUT2D eigenvalue weighted by Gasteiger charge is 2.57. The molecule has 172 valence electrons. The van der Waals surface area contributed by atoms with Gasteiger partial charge < -0.3 is 19.9 Å². The Bertz CT molecular complexity index is 1160. The smallest absolute Gasteiger partial charge is 0.243 e. The maximum Gasteiger partial charge on any atom is 0.243 e. The zero-order valence-corrected chi connectivity index (χ0v) is 18.9. The van der Waals surface area contributed by atoms with Gasteiger partial charge in [-0.15, -0.1) is 0 Å². The Balaban J connectivity index is 1.83. The molecule has 0 amide bonds. The lowest BCUT2D eigenvalue weighted by molar-refractivity contribution is -0.0611. The Morgan fingerprint density at radius 1 is 1.41 bits per heavy atom. The number of ether oxygens (including phenoxy) is 3. The number of methoxy groups -OCH3 is 1. The summed E-state index contributed by atoms with van der Waals surface area (Å²) in [6, 6.07) is 5.53. The van der Waals surface area contributed by atoms with Gasteiger partial charge in [0.25, 0.3) is 0 Å². The lowest BCUT2D eigenvalue weighted by atomic mass is 9.82. The van der Waals surface area contributed by atoms with Crippen LogP contribution in [0.2, 0.25) is 5.02 Å². The largest absolute Gasteiger partial charge is 0.454 e. The molecule has 1 aromatic heterocycles. The minimum absolute atomic E-state index is 0.00416. The summed E-state index contributed by atoms with van der Waals surface area (Å²) in [5.41, 5.74) is 4.35. The molecule has 1 fully saturated rings. The number of rotatable bonds is 5. The van der Waals surface area contributed by atoms with Crippen molar-refractivity contribution in [3.8, 4) is 11.5 Å². The van der Waals surface area contributed by atoms with E-state index in [4.69, 9.17) is 31.5 Å². The molecule has 0 unspecified atom stereocenters. The standard InChI is InChI=1S/C20H22ClFN4O5S/c1-26-19(23)25-20(11-30-13(10-29-2)8-18(20)32(26,27)28)14-7-12(3-4-16(14)22)31-17-9-24-6-5-15(17)21/h3-7,9,13,18H,8,10-11H2,1-2H3,(H2,23,25)/t13-,18-,20-/m1/s1. The maximum atomic E-state index is 15.2. The highest BCUT2D eigenvalue weighted by atomic mass is 35.5. The fraction of sp³-hybridized carbons (Fsp3) is 0.400. The average Bonchev–Trinajstić information content (AvgIpc) is 2.76. The average molecular weight is 485 g/mol. The normalized spacial score (nSPS) is 26.9. The summed E-state index contributed by atoms with van der Waals surface area (Å²) >= 11 is 6.13. The molecule has 12 heteroatoms. The van der Waals surface area contributed by atoms with Crippen molar-refractivity contribution in [3.05, 3.63) is 53.1 Å². The van der Waals surface area contributed by atoms with Crippen molar-refractivity contribution in [3.63, 3.8) is 0 Å². The highest BCUT2D eigenvalue weighted by molar-refractivity contribution is 7.90. The molecule has 0 aliphatic carbocycles. The quantitative estimate of drug-likeness (QED) is 0.691. The number of guanidine groups is 1. The molecule has 2 aromatic rings. The third kappa shape index (κ3) is 3.79. The van der Waals surface area contributed by atoms with Crippen LogP contribution in [0.25, 0.3) is 0 Å². The van der Waals surface area contributed by atoms with Crippen molar-refractivity contribution >= 4 is 27.6 Å². The van der Waals surface area contributed by atoms with E-state index in [1.165, 1.54) is 44.8 Å². The third-order valence-corrected chi connectivity index (χ3v) is 8.21.